The molecular formula is C27H16F8S2. The molecule has 0 saturated carbocycles. The second-order valence-electron chi connectivity index (χ2n) is 8.65. The van der Waals surface area contributed by atoms with E-state index in [1.165, 1.54) is 50.2 Å². The van der Waals surface area contributed by atoms with E-state index < -0.39 is 51.7 Å². The largest absolute Gasteiger partial charge is 0.380 e. The molecule has 2 aromatic carbocycles. The van der Waals surface area contributed by atoms with E-state index in [1.54, 1.807) is 0 Å². The number of allylic oxidation sites excluding steroid dienone is 2. The van der Waals surface area contributed by atoms with Crippen LogP contribution in [0.5, 0.6) is 0 Å². The number of rotatable bonds is 4. The van der Waals surface area contributed by atoms with Crippen LogP contribution in [0.15, 0.2) is 60.7 Å². The molecule has 0 N–H and O–H groups in total. The Bertz CT molecular complexity index is 1440. The van der Waals surface area contributed by atoms with Crippen LogP contribution in [0, 0.1) is 25.5 Å². The monoisotopic (exact) mass is 556 g/mol. The summed E-state index contributed by atoms with van der Waals surface area (Å²) in [6.45, 7) is 2.72. The zero-order valence-electron chi connectivity index (χ0n) is 19.1. The summed E-state index contributed by atoms with van der Waals surface area (Å²) in [4.78, 5) is 0.711. The number of halogens is 8. The fourth-order valence-electron chi connectivity index (χ4n) is 4.46. The Morgan fingerprint density at radius 1 is 0.568 bits per heavy atom. The van der Waals surface area contributed by atoms with E-state index in [1.807, 2.05) is 0 Å². The number of hydrogen-bond acceptors (Lipinski definition) is 2. The fraction of sp³-hybridized carbons (Fsp3) is 0.185. The minimum atomic E-state index is -5.70. The Balaban J connectivity index is 1.78. The van der Waals surface area contributed by atoms with E-state index >= 15 is 17.6 Å². The Morgan fingerprint density at radius 2 is 0.946 bits per heavy atom. The molecule has 5 rings (SSSR count). The summed E-state index contributed by atoms with van der Waals surface area (Å²) in [5, 5.41) is 0. The molecule has 192 valence electrons. The van der Waals surface area contributed by atoms with Gasteiger partial charge in [-0.15, -0.1) is 22.7 Å². The van der Waals surface area contributed by atoms with Crippen LogP contribution in [0.25, 0.3) is 32.0 Å². The summed E-state index contributed by atoms with van der Waals surface area (Å²) in [6, 6.07) is 12.6. The van der Waals surface area contributed by atoms with Gasteiger partial charge < -0.3 is 0 Å². The summed E-state index contributed by atoms with van der Waals surface area (Å²) in [5.74, 6) is -17.3. The van der Waals surface area contributed by atoms with E-state index in [4.69, 9.17) is 0 Å². The Kier molecular flexibility index (Phi) is 5.91. The van der Waals surface area contributed by atoms with E-state index in [9.17, 15) is 17.6 Å². The van der Waals surface area contributed by atoms with Crippen molar-refractivity contribution < 1.29 is 35.1 Å². The Morgan fingerprint density at radius 3 is 1.30 bits per heavy atom. The van der Waals surface area contributed by atoms with E-state index in [-0.39, 0.29) is 19.5 Å². The maximum absolute atomic E-state index is 15.3. The van der Waals surface area contributed by atoms with Crippen LogP contribution in [0.3, 0.4) is 0 Å². The predicted octanol–water partition coefficient (Wildman–Crippen LogP) is 9.87. The molecule has 0 nitrogen and oxygen atoms in total. The number of thiophene rings is 2. The number of alkyl halides is 6. The first kappa shape index (κ1) is 25.7. The lowest BCUT2D eigenvalue weighted by Gasteiger charge is -2.25. The lowest BCUT2D eigenvalue weighted by Crippen LogP contribution is -2.48. The zero-order valence-corrected chi connectivity index (χ0v) is 20.7. The van der Waals surface area contributed by atoms with E-state index in [2.05, 4.69) is 0 Å². The van der Waals surface area contributed by atoms with Crippen molar-refractivity contribution >= 4 is 33.8 Å². The Hall–Kier alpha value is -2.98. The van der Waals surface area contributed by atoms with Crippen molar-refractivity contribution in [2.75, 3.05) is 0 Å². The first-order valence-electron chi connectivity index (χ1n) is 10.9. The number of hydrogen-bond donors (Lipinski definition) is 0. The minimum Gasteiger partial charge on any atom is -0.207 e. The highest BCUT2D eigenvalue weighted by Gasteiger charge is 2.80. The van der Waals surface area contributed by atoms with Crippen molar-refractivity contribution in [1.82, 2.24) is 0 Å². The highest BCUT2D eigenvalue weighted by molar-refractivity contribution is 7.16. The van der Waals surface area contributed by atoms with Crippen LogP contribution >= 0.6 is 22.7 Å². The van der Waals surface area contributed by atoms with E-state index in [0.29, 0.717) is 11.1 Å². The van der Waals surface area contributed by atoms with Gasteiger partial charge in [-0.3, -0.25) is 0 Å². The first-order chi connectivity index (χ1) is 17.3. The minimum absolute atomic E-state index is 0.0955. The number of benzene rings is 2. The first-order valence-corrected chi connectivity index (χ1v) is 12.5. The molecule has 0 saturated heterocycles. The van der Waals surface area contributed by atoms with Gasteiger partial charge in [-0.2, -0.15) is 26.3 Å². The molecule has 10 heteroatoms. The molecule has 1 aliphatic rings. The van der Waals surface area contributed by atoms with Gasteiger partial charge in [0.15, 0.2) is 0 Å². The van der Waals surface area contributed by atoms with Crippen molar-refractivity contribution in [3.63, 3.8) is 0 Å². The Labute approximate surface area is 214 Å². The standard InChI is InChI=1S/C27H16F8S2/c1-13-19(11-21(36-13)15-5-3-7-17(28)9-15)23-24(26(32,33)27(34,35)25(23,30)31)20-12-22(37-14(20)2)16-6-4-8-18(29)10-16/h3-12H,1-2H3. The van der Waals surface area contributed by atoms with Crippen LogP contribution in [0.2, 0.25) is 0 Å². The number of aryl methyl sites for hydroxylation is 2. The van der Waals surface area contributed by atoms with Gasteiger partial charge in [-0.25, -0.2) is 8.78 Å². The van der Waals surface area contributed by atoms with Gasteiger partial charge in [0, 0.05) is 30.7 Å². The lowest BCUT2D eigenvalue weighted by molar-refractivity contribution is -0.254. The average Bonchev–Trinajstić information content (AvgIpc) is 3.41. The quantitative estimate of drug-likeness (QED) is 0.220. The molecule has 2 heterocycles. The molecule has 0 radical (unpaired) electrons. The average molecular weight is 557 g/mol. The summed E-state index contributed by atoms with van der Waals surface area (Å²) in [5.41, 5.74) is -3.27. The zero-order chi connectivity index (χ0) is 26.9. The molecule has 4 aromatic rings. The highest BCUT2D eigenvalue weighted by Crippen LogP contribution is 2.66. The van der Waals surface area contributed by atoms with Crippen molar-refractivity contribution in [2.24, 2.45) is 0 Å². The molecule has 0 aliphatic heterocycles. The van der Waals surface area contributed by atoms with Gasteiger partial charge in [-0.05, 0) is 72.5 Å². The summed E-state index contributed by atoms with van der Waals surface area (Å²) in [6.07, 6.45) is 0. The smallest absolute Gasteiger partial charge is 0.207 e. The van der Waals surface area contributed by atoms with Crippen molar-refractivity contribution in [3.8, 4) is 20.9 Å². The predicted molar refractivity (Wildman–Crippen MR) is 131 cm³/mol. The lowest BCUT2D eigenvalue weighted by atomic mass is 9.94. The van der Waals surface area contributed by atoms with Crippen molar-refractivity contribution in [2.45, 2.75) is 31.6 Å². The third-order valence-electron chi connectivity index (χ3n) is 6.26. The fourth-order valence-corrected chi connectivity index (χ4v) is 6.51. The molecule has 0 amide bonds. The van der Waals surface area contributed by atoms with Crippen LogP contribution in [-0.4, -0.2) is 17.8 Å². The van der Waals surface area contributed by atoms with Crippen LogP contribution in [0.4, 0.5) is 35.1 Å². The second kappa shape index (κ2) is 8.52. The van der Waals surface area contributed by atoms with Crippen LogP contribution in [-0.2, 0) is 0 Å². The summed E-state index contributed by atoms with van der Waals surface area (Å²) < 4.78 is 118. The van der Waals surface area contributed by atoms with Gasteiger partial charge in [0.2, 0.25) is 0 Å². The summed E-state index contributed by atoms with van der Waals surface area (Å²) in [7, 11) is 0. The van der Waals surface area contributed by atoms with Gasteiger partial charge in [0.1, 0.15) is 11.6 Å². The molecule has 0 bridgehead atoms. The van der Waals surface area contributed by atoms with Gasteiger partial charge in [-0.1, -0.05) is 24.3 Å². The highest BCUT2D eigenvalue weighted by atomic mass is 32.1. The molecule has 0 spiro atoms. The SMILES string of the molecule is Cc1sc(-c2cccc(F)c2)cc1C1=C(c2cc(-c3cccc(F)c3)sc2C)C(F)(F)C(F)(F)C1(F)F. The van der Waals surface area contributed by atoms with Crippen molar-refractivity contribution in [1.29, 1.82) is 0 Å². The van der Waals surface area contributed by atoms with Gasteiger partial charge >= 0.3 is 17.8 Å². The summed E-state index contributed by atoms with van der Waals surface area (Å²) >= 11 is 1.81. The van der Waals surface area contributed by atoms with E-state index in [0.717, 1.165) is 46.9 Å². The molecule has 0 fully saturated rings. The topological polar surface area (TPSA) is 0 Å². The third-order valence-corrected chi connectivity index (χ3v) is 8.46. The maximum Gasteiger partial charge on any atom is 0.380 e. The van der Waals surface area contributed by atoms with Crippen LogP contribution < -0.4 is 0 Å². The van der Waals surface area contributed by atoms with Gasteiger partial charge in [0.05, 0.1) is 0 Å². The molecule has 0 unspecified atom stereocenters. The van der Waals surface area contributed by atoms with Crippen LogP contribution in [0.1, 0.15) is 20.9 Å². The maximum atomic E-state index is 15.3. The normalized spacial score (nSPS) is 18.0. The molecule has 37 heavy (non-hydrogen) atoms. The second-order valence-corrected chi connectivity index (χ2v) is 11.2. The molecule has 0 atom stereocenters. The van der Waals surface area contributed by atoms with Gasteiger partial charge in [0.25, 0.3) is 0 Å². The molecule has 1 aliphatic carbocycles. The molecular weight excluding hydrogens is 540 g/mol. The third kappa shape index (κ3) is 3.84. The van der Waals surface area contributed by atoms with Crippen molar-refractivity contribution in [3.05, 3.63) is 93.2 Å². The molecule has 2 aromatic heterocycles.